The van der Waals surface area contributed by atoms with Crippen LogP contribution in [0, 0.1) is 0 Å². The van der Waals surface area contributed by atoms with Gasteiger partial charge in [-0.2, -0.15) is 0 Å². The molecule has 1 amide bonds. The SMILES string of the molecule is O=C(NCC1CN(Cc2ccccc2)CCO1)c1ccc(Br)cc1O. The van der Waals surface area contributed by atoms with Gasteiger partial charge in [0.05, 0.1) is 18.3 Å². The summed E-state index contributed by atoms with van der Waals surface area (Å²) in [5.74, 6) is -0.337. The van der Waals surface area contributed by atoms with Crippen molar-refractivity contribution in [2.24, 2.45) is 0 Å². The van der Waals surface area contributed by atoms with Gasteiger partial charge in [0.25, 0.3) is 5.91 Å². The number of amides is 1. The molecule has 2 N–H and O–H groups in total. The van der Waals surface area contributed by atoms with Crippen molar-refractivity contribution in [3.8, 4) is 5.75 Å². The van der Waals surface area contributed by atoms with Crippen molar-refractivity contribution in [3.63, 3.8) is 0 Å². The standard InChI is InChI=1S/C19H21BrN2O3/c20-15-6-7-17(18(23)10-15)19(24)21-11-16-13-22(8-9-25-16)12-14-4-2-1-3-5-14/h1-7,10,16,23H,8-9,11-13H2,(H,21,24). The number of aromatic hydroxyl groups is 1. The Balaban J connectivity index is 1.51. The van der Waals surface area contributed by atoms with E-state index in [1.807, 2.05) is 18.2 Å². The minimum atomic E-state index is -0.297. The minimum Gasteiger partial charge on any atom is -0.507 e. The summed E-state index contributed by atoms with van der Waals surface area (Å²) in [6.07, 6.45) is -0.0565. The Kier molecular flexibility index (Phi) is 6.07. The Morgan fingerprint density at radius 3 is 2.84 bits per heavy atom. The molecule has 1 aliphatic heterocycles. The Bertz CT molecular complexity index is 724. The predicted octanol–water partition coefficient (Wildman–Crippen LogP) is 2.79. The minimum absolute atomic E-state index is 0.0397. The summed E-state index contributed by atoms with van der Waals surface area (Å²) in [5.41, 5.74) is 1.53. The molecule has 1 heterocycles. The molecule has 25 heavy (non-hydrogen) atoms. The maximum atomic E-state index is 12.2. The fourth-order valence-electron chi connectivity index (χ4n) is 2.89. The number of carbonyl (C=O) groups is 1. The molecule has 1 atom stereocenters. The molecule has 0 spiro atoms. The largest absolute Gasteiger partial charge is 0.507 e. The van der Waals surface area contributed by atoms with Gasteiger partial charge in [-0.15, -0.1) is 0 Å². The van der Waals surface area contributed by atoms with Crippen LogP contribution in [0.5, 0.6) is 5.75 Å². The molecule has 132 valence electrons. The monoisotopic (exact) mass is 404 g/mol. The van der Waals surface area contributed by atoms with Crippen molar-refractivity contribution < 1.29 is 14.6 Å². The zero-order chi connectivity index (χ0) is 17.6. The molecule has 1 saturated heterocycles. The Labute approximate surface area is 155 Å². The van der Waals surface area contributed by atoms with E-state index in [1.54, 1.807) is 12.1 Å². The van der Waals surface area contributed by atoms with Crippen LogP contribution in [-0.2, 0) is 11.3 Å². The number of carbonyl (C=O) groups excluding carboxylic acids is 1. The third-order valence-electron chi connectivity index (χ3n) is 4.17. The number of hydrogen-bond acceptors (Lipinski definition) is 4. The lowest BCUT2D eigenvalue weighted by atomic mass is 10.1. The Morgan fingerprint density at radius 2 is 2.08 bits per heavy atom. The van der Waals surface area contributed by atoms with Gasteiger partial charge in [-0.3, -0.25) is 9.69 Å². The second-order valence-corrected chi connectivity index (χ2v) is 7.00. The molecule has 1 unspecified atom stereocenters. The lowest BCUT2D eigenvalue weighted by Gasteiger charge is -2.33. The summed E-state index contributed by atoms with van der Waals surface area (Å²) in [5, 5.41) is 12.7. The summed E-state index contributed by atoms with van der Waals surface area (Å²) in [6.45, 7) is 3.59. The number of phenols is 1. The zero-order valence-electron chi connectivity index (χ0n) is 13.8. The third-order valence-corrected chi connectivity index (χ3v) is 4.66. The number of halogens is 1. The van der Waals surface area contributed by atoms with E-state index in [-0.39, 0.29) is 23.3 Å². The number of hydrogen-bond donors (Lipinski definition) is 2. The van der Waals surface area contributed by atoms with Gasteiger partial charge in [-0.1, -0.05) is 46.3 Å². The molecule has 5 nitrogen and oxygen atoms in total. The number of rotatable bonds is 5. The molecule has 0 saturated carbocycles. The first-order chi connectivity index (χ1) is 12.1. The van der Waals surface area contributed by atoms with Crippen molar-refractivity contribution in [1.82, 2.24) is 10.2 Å². The first-order valence-corrected chi connectivity index (χ1v) is 9.06. The highest BCUT2D eigenvalue weighted by molar-refractivity contribution is 9.10. The first kappa shape index (κ1) is 17.9. The fourth-order valence-corrected chi connectivity index (χ4v) is 3.24. The summed E-state index contributed by atoms with van der Waals surface area (Å²) in [6, 6.07) is 15.2. The molecule has 6 heteroatoms. The average Bonchev–Trinajstić information content (AvgIpc) is 2.61. The second kappa shape index (κ2) is 8.47. The van der Waals surface area contributed by atoms with E-state index in [1.165, 1.54) is 11.6 Å². The van der Waals surface area contributed by atoms with E-state index >= 15 is 0 Å². The number of nitrogens with one attached hydrogen (secondary N) is 1. The van der Waals surface area contributed by atoms with Gasteiger partial charge >= 0.3 is 0 Å². The van der Waals surface area contributed by atoms with Crippen LogP contribution in [0.3, 0.4) is 0 Å². The van der Waals surface area contributed by atoms with Crippen molar-refractivity contribution in [2.75, 3.05) is 26.2 Å². The second-order valence-electron chi connectivity index (χ2n) is 6.09. The van der Waals surface area contributed by atoms with Crippen molar-refractivity contribution in [2.45, 2.75) is 12.6 Å². The molecule has 2 aromatic carbocycles. The highest BCUT2D eigenvalue weighted by Crippen LogP contribution is 2.22. The highest BCUT2D eigenvalue weighted by atomic mass is 79.9. The molecule has 0 aromatic heterocycles. The first-order valence-electron chi connectivity index (χ1n) is 8.26. The molecule has 1 aliphatic rings. The van der Waals surface area contributed by atoms with Gasteiger partial charge in [0.1, 0.15) is 5.75 Å². The van der Waals surface area contributed by atoms with Crippen molar-refractivity contribution >= 4 is 21.8 Å². The topological polar surface area (TPSA) is 61.8 Å². The third kappa shape index (κ3) is 5.04. The number of phenolic OH excluding ortho intramolecular Hbond substituents is 1. The van der Waals surface area contributed by atoms with Crippen LogP contribution in [0.2, 0.25) is 0 Å². The fraction of sp³-hybridized carbons (Fsp3) is 0.316. The summed E-state index contributed by atoms with van der Waals surface area (Å²) in [7, 11) is 0. The number of nitrogens with zero attached hydrogens (tertiary/aromatic N) is 1. The maximum absolute atomic E-state index is 12.2. The Hall–Kier alpha value is -1.89. The molecular weight excluding hydrogens is 384 g/mol. The van der Waals surface area contributed by atoms with Gasteiger partial charge in [-0.25, -0.2) is 0 Å². The summed E-state index contributed by atoms with van der Waals surface area (Å²) in [4.78, 5) is 14.6. The Morgan fingerprint density at radius 1 is 1.28 bits per heavy atom. The smallest absolute Gasteiger partial charge is 0.255 e. The van der Waals surface area contributed by atoms with Gasteiger partial charge < -0.3 is 15.2 Å². The number of morpholine rings is 1. The van der Waals surface area contributed by atoms with E-state index in [4.69, 9.17) is 4.74 Å². The van der Waals surface area contributed by atoms with Crippen molar-refractivity contribution in [3.05, 3.63) is 64.1 Å². The van der Waals surface area contributed by atoms with Crippen LogP contribution >= 0.6 is 15.9 Å². The predicted molar refractivity (Wildman–Crippen MR) is 99.6 cm³/mol. The van der Waals surface area contributed by atoms with E-state index in [9.17, 15) is 9.90 Å². The van der Waals surface area contributed by atoms with Crippen LogP contribution < -0.4 is 5.32 Å². The summed E-state index contributed by atoms with van der Waals surface area (Å²) < 4.78 is 6.49. The van der Waals surface area contributed by atoms with E-state index in [0.29, 0.717) is 13.2 Å². The molecule has 3 rings (SSSR count). The van der Waals surface area contributed by atoms with Gasteiger partial charge in [0.2, 0.25) is 0 Å². The van der Waals surface area contributed by atoms with Crippen LogP contribution in [0.15, 0.2) is 53.0 Å². The molecule has 1 fully saturated rings. The summed E-state index contributed by atoms with van der Waals surface area (Å²) >= 11 is 3.26. The van der Waals surface area contributed by atoms with Crippen LogP contribution in [0.25, 0.3) is 0 Å². The lowest BCUT2D eigenvalue weighted by molar-refractivity contribution is -0.0292. The quantitative estimate of drug-likeness (QED) is 0.803. The molecule has 2 aromatic rings. The zero-order valence-corrected chi connectivity index (χ0v) is 15.4. The van der Waals surface area contributed by atoms with Crippen LogP contribution in [-0.4, -0.2) is 48.3 Å². The van der Waals surface area contributed by atoms with E-state index < -0.39 is 0 Å². The van der Waals surface area contributed by atoms with Gasteiger partial charge in [0.15, 0.2) is 0 Å². The number of ether oxygens (including phenoxy) is 1. The van der Waals surface area contributed by atoms with Gasteiger partial charge in [-0.05, 0) is 23.8 Å². The van der Waals surface area contributed by atoms with E-state index in [2.05, 4.69) is 38.3 Å². The molecular formula is C19H21BrN2O3. The molecule has 0 aliphatic carbocycles. The molecule has 0 bridgehead atoms. The maximum Gasteiger partial charge on any atom is 0.255 e. The normalized spacial score (nSPS) is 18.0. The van der Waals surface area contributed by atoms with Crippen molar-refractivity contribution in [1.29, 1.82) is 0 Å². The average molecular weight is 405 g/mol. The molecule has 0 radical (unpaired) electrons. The van der Waals surface area contributed by atoms with Crippen LogP contribution in [0.1, 0.15) is 15.9 Å². The van der Waals surface area contributed by atoms with Gasteiger partial charge in [0, 0.05) is 30.7 Å². The van der Waals surface area contributed by atoms with Crippen LogP contribution in [0.4, 0.5) is 0 Å². The lowest BCUT2D eigenvalue weighted by Crippen LogP contribution is -2.47. The number of benzene rings is 2. The highest BCUT2D eigenvalue weighted by Gasteiger charge is 2.21. The van der Waals surface area contributed by atoms with E-state index in [0.717, 1.165) is 24.1 Å².